The molecule has 1 fully saturated rings. The van der Waals surface area contributed by atoms with E-state index in [4.69, 9.17) is 4.74 Å². The molecule has 6 heteroatoms. The fourth-order valence-corrected chi connectivity index (χ4v) is 3.17. The molecule has 0 radical (unpaired) electrons. The number of amides is 1. The molecule has 116 valence electrons. The van der Waals surface area contributed by atoms with Gasteiger partial charge in [-0.1, -0.05) is 11.8 Å². The van der Waals surface area contributed by atoms with Gasteiger partial charge in [0.2, 0.25) is 0 Å². The third kappa shape index (κ3) is 5.53. The predicted octanol–water partition coefficient (Wildman–Crippen LogP) is 3.22. The van der Waals surface area contributed by atoms with E-state index < -0.39 is 5.60 Å². The van der Waals surface area contributed by atoms with Crippen molar-refractivity contribution >= 4 is 17.9 Å². The summed E-state index contributed by atoms with van der Waals surface area (Å²) in [5.41, 5.74) is -0.434. The Balaban J connectivity index is 1.82. The van der Waals surface area contributed by atoms with Crippen molar-refractivity contribution in [2.75, 3.05) is 18.8 Å². The summed E-state index contributed by atoms with van der Waals surface area (Å²) >= 11 is 1.65. The monoisotopic (exact) mass is 309 g/mol. The molecule has 1 saturated heterocycles. The zero-order valence-corrected chi connectivity index (χ0v) is 13.7. The maximum atomic E-state index is 12.1. The SMILES string of the molecule is CC(C)(C)OC(=O)N1CCC[C@@H](CSc2ncccn2)C1. The molecular formula is C15H23N3O2S. The van der Waals surface area contributed by atoms with Crippen LogP contribution in [-0.2, 0) is 4.74 Å². The van der Waals surface area contributed by atoms with Gasteiger partial charge in [0.1, 0.15) is 5.60 Å². The number of piperidine rings is 1. The standard InChI is InChI=1S/C15H23N3O2S/c1-15(2,3)20-14(19)18-9-4-6-12(10-18)11-21-13-16-7-5-8-17-13/h5,7-8,12H,4,6,9-11H2,1-3H3/t12-/m1/s1. The number of likely N-dealkylation sites (tertiary alicyclic amines) is 1. The highest BCUT2D eigenvalue weighted by Crippen LogP contribution is 2.24. The van der Waals surface area contributed by atoms with Crippen molar-refractivity contribution in [3.63, 3.8) is 0 Å². The number of thioether (sulfide) groups is 1. The van der Waals surface area contributed by atoms with Crippen LogP contribution >= 0.6 is 11.8 Å². The number of aromatic nitrogens is 2. The Kier molecular flexibility index (Phi) is 5.45. The van der Waals surface area contributed by atoms with Crippen LogP contribution in [0, 0.1) is 5.92 Å². The van der Waals surface area contributed by atoms with Crippen molar-refractivity contribution in [3.05, 3.63) is 18.5 Å². The second kappa shape index (κ2) is 7.11. The molecular weight excluding hydrogens is 286 g/mol. The topological polar surface area (TPSA) is 55.3 Å². The van der Waals surface area contributed by atoms with Crippen molar-refractivity contribution in [1.29, 1.82) is 0 Å². The van der Waals surface area contributed by atoms with Crippen molar-refractivity contribution in [3.8, 4) is 0 Å². The lowest BCUT2D eigenvalue weighted by Gasteiger charge is -2.33. The molecule has 0 aliphatic carbocycles. The lowest BCUT2D eigenvalue weighted by atomic mass is 10.0. The van der Waals surface area contributed by atoms with E-state index in [1.54, 1.807) is 24.2 Å². The highest BCUT2D eigenvalue weighted by molar-refractivity contribution is 7.99. The molecule has 1 aromatic rings. The van der Waals surface area contributed by atoms with E-state index in [9.17, 15) is 4.79 Å². The number of nitrogens with zero attached hydrogens (tertiary/aromatic N) is 3. The minimum absolute atomic E-state index is 0.201. The zero-order valence-electron chi connectivity index (χ0n) is 12.9. The summed E-state index contributed by atoms with van der Waals surface area (Å²) < 4.78 is 5.44. The molecule has 0 spiro atoms. The Morgan fingerprint density at radius 2 is 2.14 bits per heavy atom. The van der Waals surface area contributed by atoms with E-state index in [1.807, 2.05) is 31.7 Å². The molecule has 1 aliphatic heterocycles. The summed E-state index contributed by atoms with van der Waals surface area (Å²) in [7, 11) is 0. The van der Waals surface area contributed by atoms with Crippen LogP contribution in [0.15, 0.2) is 23.6 Å². The lowest BCUT2D eigenvalue weighted by Crippen LogP contribution is -2.43. The van der Waals surface area contributed by atoms with E-state index in [0.29, 0.717) is 5.92 Å². The number of ether oxygens (including phenoxy) is 1. The molecule has 0 bridgehead atoms. The fraction of sp³-hybridized carbons (Fsp3) is 0.667. The first kappa shape index (κ1) is 16.1. The smallest absolute Gasteiger partial charge is 0.410 e. The molecule has 0 aromatic carbocycles. The van der Waals surface area contributed by atoms with E-state index in [-0.39, 0.29) is 6.09 Å². The summed E-state index contributed by atoms with van der Waals surface area (Å²) in [6, 6.07) is 1.81. The van der Waals surface area contributed by atoms with Gasteiger partial charge in [-0.05, 0) is 45.6 Å². The van der Waals surface area contributed by atoms with Crippen LogP contribution in [0.25, 0.3) is 0 Å². The fourth-order valence-electron chi connectivity index (χ4n) is 2.25. The average Bonchev–Trinajstić information content (AvgIpc) is 2.45. The van der Waals surface area contributed by atoms with Gasteiger partial charge in [-0.2, -0.15) is 0 Å². The number of hydrogen-bond acceptors (Lipinski definition) is 5. The van der Waals surface area contributed by atoms with Crippen LogP contribution in [-0.4, -0.2) is 45.4 Å². The Labute approximate surface area is 130 Å². The van der Waals surface area contributed by atoms with E-state index in [2.05, 4.69) is 9.97 Å². The molecule has 21 heavy (non-hydrogen) atoms. The largest absolute Gasteiger partial charge is 0.444 e. The van der Waals surface area contributed by atoms with Crippen LogP contribution < -0.4 is 0 Å². The Bertz CT molecular complexity index is 462. The van der Waals surface area contributed by atoms with Gasteiger partial charge in [0.15, 0.2) is 5.16 Å². The van der Waals surface area contributed by atoms with E-state index in [1.165, 1.54) is 0 Å². The first-order chi connectivity index (χ1) is 9.94. The summed E-state index contributed by atoms with van der Waals surface area (Å²) in [5.74, 6) is 1.41. The molecule has 0 N–H and O–H groups in total. The molecule has 0 unspecified atom stereocenters. The zero-order chi connectivity index (χ0) is 15.3. The van der Waals surface area contributed by atoms with E-state index in [0.717, 1.165) is 36.8 Å². The van der Waals surface area contributed by atoms with Crippen LogP contribution in [0.4, 0.5) is 4.79 Å². The van der Waals surface area contributed by atoms with Gasteiger partial charge in [0, 0.05) is 31.2 Å². The van der Waals surface area contributed by atoms with Gasteiger partial charge in [-0.25, -0.2) is 14.8 Å². The quantitative estimate of drug-likeness (QED) is 0.634. The number of rotatable bonds is 3. The van der Waals surface area contributed by atoms with Gasteiger partial charge < -0.3 is 9.64 Å². The van der Waals surface area contributed by atoms with Crippen LogP contribution in [0.2, 0.25) is 0 Å². The number of carbonyl (C=O) groups is 1. The second-order valence-electron chi connectivity index (χ2n) is 6.28. The molecule has 5 nitrogen and oxygen atoms in total. The molecule has 1 aliphatic rings. The highest BCUT2D eigenvalue weighted by atomic mass is 32.2. The summed E-state index contributed by atoms with van der Waals surface area (Å²) in [4.78, 5) is 22.4. The predicted molar refractivity (Wildman–Crippen MR) is 83.3 cm³/mol. The third-order valence-electron chi connectivity index (χ3n) is 3.16. The average molecular weight is 309 g/mol. The minimum atomic E-state index is -0.434. The number of carbonyl (C=O) groups excluding carboxylic acids is 1. The van der Waals surface area contributed by atoms with Crippen molar-refractivity contribution in [1.82, 2.24) is 14.9 Å². The third-order valence-corrected chi connectivity index (χ3v) is 4.27. The molecule has 0 saturated carbocycles. The maximum Gasteiger partial charge on any atom is 0.410 e. The Morgan fingerprint density at radius 3 is 2.81 bits per heavy atom. The van der Waals surface area contributed by atoms with E-state index >= 15 is 0 Å². The summed E-state index contributed by atoms with van der Waals surface area (Å²) in [6.07, 6.45) is 5.47. The van der Waals surface area contributed by atoms with Gasteiger partial charge in [0.25, 0.3) is 0 Å². The highest BCUT2D eigenvalue weighted by Gasteiger charge is 2.27. The van der Waals surface area contributed by atoms with Crippen LogP contribution in [0.5, 0.6) is 0 Å². The lowest BCUT2D eigenvalue weighted by molar-refractivity contribution is 0.0177. The summed E-state index contributed by atoms with van der Waals surface area (Å²) in [6.45, 7) is 7.24. The first-order valence-corrected chi connectivity index (χ1v) is 8.30. The molecule has 1 atom stereocenters. The maximum absolute atomic E-state index is 12.1. The normalized spacial score (nSPS) is 19.4. The van der Waals surface area contributed by atoms with Gasteiger partial charge in [0.05, 0.1) is 0 Å². The molecule has 2 heterocycles. The second-order valence-corrected chi connectivity index (χ2v) is 7.26. The molecule has 1 aromatic heterocycles. The molecule has 2 rings (SSSR count). The van der Waals surface area contributed by atoms with Crippen molar-refractivity contribution in [2.45, 2.75) is 44.4 Å². The Morgan fingerprint density at radius 1 is 1.43 bits per heavy atom. The minimum Gasteiger partial charge on any atom is -0.444 e. The van der Waals surface area contributed by atoms with Gasteiger partial charge in [-0.15, -0.1) is 0 Å². The van der Waals surface area contributed by atoms with Gasteiger partial charge in [-0.3, -0.25) is 0 Å². The van der Waals surface area contributed by atoms with Crippen molar-refractivity contribution < 1.29 is 9.53 Å². The first-order valence-electron chi connectivity index (χ1n) is 7.32. The van der Waals surface area contributed by atoms with Crippen LogP contribution in [0.3, 0.4) is 0 Å². The Hall–Kier alpha value is -1.30. The number of hydrogen-bond donors (Lipinski definition) is 0. The molecule has 1 amide bonds. The summed E-state index contributed by atoms with van der Waals surface area (Å²) in [5, 5.41) is 0.798. The van der Waals surface area contributed by atoms with Gasteiger partial charge >= 0.3 is 6.09 Å². The van der Waals surface area contributed by atoms with Crippen molar-refractivity contribution in [2.24, 2.45) is 5.92 Å². The van der Waals surface area contributed by atoms with Crippen LogP contribution in [0.1, 0.15) is 33.6 Å².